The van der Waals surface area contributed by atoms with E-state index in [0.29, 0.717) is 0 Å². The topological polar surface area (TPSA) is 24.3 Å². The highest BCUT2D eigenvalue weighted by atomic mass is 32.2. The first-order valence-corrected chi connectivity index (χ1v) is 14.7. The largest absolute Gasteiger partial charge is 0.355 e. The molecule has 8 rings (SSSR count). The number of hydrogen-bond donors (Lipinski definition) is 0. The van der Waals surface area contributed by atoms with Gasteiger partial charge < -0.3 is 9.80 Å². The molecule has 42 heavy (non-hydrogen) atoms. The molecule has 5 aromatic carbocycles. The number of para-hydroxylation sites is 3. The molecule has 0 saturated carbocycles. The minimum Gasteiger partial charge on any atom is -0.355 e. The van der Waals surface area contributed by atoms with Gasteiger partial charge in [0, 0.05) is 43.5 Å². The second-order valence-corrected chi connectivity index (χ2v) is 11.5. The third-order valence-electron chi connectivity index (χ3n) is 7.84. The van der Waals surface area contributed by atoms with Crippen molar-refractivity contribution in [3.63, 3.8) is 0 Å². The number of nitrogens with zero attached hydrogens (tertiary/aromatic N) is 4. The van der Waals surface area contributed by atoms with Crippen molar-refractivity contribution < 1.29 is 4.11 Å². The van der Waals surface area contributed by atoms with Gasteiger partial charge >= 0.3 is 0 Å². The minimum absolute atomic E-state index is 0.269. The van der Waals surface area contributed by atoms with Crippen LogP contribution in [-0.2, 0) is 0 Å². The van der Waals surface area contributed by atoms with E-state index >= 15 is 0 Å². The molecule has 0 bridgehead atoms. The van der Waals surface area contributed by atoms with Crippen LogP contribution in [0.5, 0.6) is 0 Å². The molecule has 0 aliphatic carbocycles. The summed E-state index contributed by atoms with van der Waals surface area (Å²) in [5, 5.41) is 2.36. The van der Waals surface area contributed by atoms with Crippen molar-refractivity contribution in [2.24, 2.45) is 0 Å². The Bertz CT molecular complexity index is 2190. The number of hydrogen-bond acceptors (Lipinski definition) is 4. The van der Waals surface area contributed by atoms with E-state index in [1.807, 2.05) is 48.7 Å². The van der Waals surface area contributed by atoms with Crippen LogP contribution in [-0.4, -0.2) is 23.2 Å². The van der Waals surface area contributed by atoms with Crippen LogP contribution in [0.2, 0.25) is 0 Å². The molecular weight excluding hydrogens is 533 g/mol. The average Bonchev–Trinajstić information content (AvgIpc) is 3.62. The molecule has 0 N–H and O–H groups in total. The van der Waals surface area contributed by atoms with Gasteiger partial charge in [0.2, 0.25) is 0 Å². The van der Waals surface area contributed by atoms with Crippen LogP contribution in [0, 0.1) is 0 Å². The van der Waals surface area contributed by atoms with Crippen LogP contribution in [0.3, 0.4) is 0 Å². The highest BCUT2D eigenvalue weighted by molar-refractivity contribution is 7.99. The van der Waals surface area contributed by atoms with Crippen LogP contribution in [0.4, 0.5) is 17.1 Å². The fourth-order valence-electron chi connectivity index (χ4n) is 5.90. The first-order chi connectivity index (χ1) is 21.9. The van der Waals surface area contributed by atoms with Crippen LogP contribution in [0.15, 0.2) is 149 Å². The predicted molar refractivity (Wildman–Crippen MR) is 176 cm³/mol. The molecule has 0 spiro atoms. The maximum atomic E-state index is 8.07. The Hall–Kier alpha value is -5.00. The monoisotopic (exact) mass is 563 g/mol. The molecule has 3 heterocycles. The number of aromatic nitrogens is 2. The van der Waals surface area contributed by atoms with Crippen molar-refractivity contribution in [2.75, 3.05) is 23.4 Å². The molecule has 7 aromatic rings. The van der Waals surface area contributed by atoms with Gasteiger partial charge in [0.1, 0.15) is 5.82 Å². The Labute approximate surface area is 253 Å². The van der Waals surface area contributed by atoms with E-state index in [0.717, 1.165) is 54.8 Å². The summed E-state index contributed by atoms with van der Waals surface area (Å²) in [7, 11) is 0. The molecule has 1 aliphatic heterocycles. The van der Waals surface area contributed by atoms with E-state index < -0.39 is 6.98 Å². The normalized spacial score (nSPS) is 14.1. The third-order valence-corrected chi connectivity index (χ3v) is 8.82. The summed E-state index contributed by atoms with van der Waals surface area (Å²) in [6.07, 6.45) is 1.88. The molecule has 4 nitrogen and oxygen atoms in total. The number of rotatable bonds is 5. The van der Waals surface area contributed by atoms with Gasteiger partial charge in [-0.15, -0.1) is 0 Å². The Morgan fingerprint density at radius 1 is 0.643 bits per heavy atom. The van der Waals surface area contributed by atoms with Gasteiger partial charge in [-0.05, 0) is 71.8 Å². The zero-order valence-corrected chi connectivity index (χ0v) is 23.5. The standard InChI is InChI=1S/C37H28N4S/c1-39-25-40(35-17-8-7-16-34(35)39)28-12-9-13-29(23-28)42-30-18-19-32-31-14-5-6-15-33(31)41(36(32)24-30)37-22-27(20-21-38-37)26-10-3-2-4-11-26/h2-24H,25H2,1H3/i1D3. The van der Waals surface area contributed by atoms with Crippen LogP contribution in [0.25, 0.3) is 38.8 Å². The summed E-state index contributed by atoms with van der Waals surface area (Å²) in [6.45, 7) is -1.95. The van der Waals surface area contributed by atoms with E-state index in [1.54, 1.807) is 11.8 Å². The molecule has 202 valence electrons. The van der Waals surface area contributed by atoms with Crippen LogP contribution < -0.4 is 9.80 Å². The quantitative estimate of drug-likeness (QED) is 0.208. The summed E-state index contributed by atoms with van der Waals surface area (Å²) in [5.74, 6) is 0.873. The van der Waals surface area contributed by atoms with Crippen LogP contribution in [0.1, 0.15) is 4.11 Å². The lowest BCUT2D eigenvalue weighted by Crippen LogP contribution is -2.23. The predicted octanol–water partition coefficient (Wildman–Crippen LogP) is 9.54. The van der Waals surface area contributed by atoms with E-state index in [-0.39, 0.29) is 6.67 Å². The maximum Gasteiger partial charge on any atom is 0.138 e. The summed E-state index contributed by atoms with van der Waals surface area (Å²) in [4.78, 5) is 10.6. The first kappa shape index (κ1) is 21.7. The van der Waals surface area contributed by atoms with Gasteiger partial charge in [-0.25, -0.2) is 4.98 Å². The Kier molecular flexibility index (Phi) is 5.23. The lowest BCUT2D eigenvalue weighted by Gasteiger charge is -2.20. The molecule has 1 aliphatic rings. The van der Waals surface area contributed by atoms with Gasteiger partial charge in [-0.1, -0.05) is 84.6 Å². The van der Waals surface area contributed by atoms with Crippen molar-refractivity contribution in [1.29, 1.82) is 0 Å². The van der Waals surface area contributed by atoms with E-state index in [9.17, 15) is 0 Å². The second kappa shape index (κ2) is 10.1. The Morgan fingerprint density at radius 3 is 2.33 bits per heavy atom. The second-order valence-electron chi connectivity index (χ2n) is 10.4. The number of fused-ring (bicyclic) bond motifs is 4. The van der Waals surface area contributed by atoms with Gasteiger partial charge in [0.05, 0.1) is 29.1 Å². The maximum absolute atomic E-state index is 8.07. The zero-order valence-electron chi connectivity index (χ0n) is 25.7. The molecule has 0 fully saturated rings. The zero-order chi connectivity index (χ0) is 30.5. The number of benzene rings is 5. The average molecular weight is 564 g/mol. The SMILES string of the molecule is [2H]C([2H])([2H])N1CN(c2cccc(Sc3ccc4c5ccccc5n(-c5cc(-c6ccccc6)ccn5)c4c3)c2)c2ccccc21. The third kappa shape index (κ3) is 4.21. The molecular formula is C37H28N4S. The van der Waals surface area contributed by atoms with Crippen molar-refractivity contribution in [1.82, 2.24) is 9.55 Å². The molecule has 0 atom stereocenters. The fourth-order valence-corrected chi connectivity index (χ4v) is 6.80. The van der Waals surface area contributed by atoms with Crippen molar-refractivity contribution in [3.05, 3.63) is 140 Å². The number of anilines is 3. The lowest BCUT2D eigenvalue weighted by atomic mass is 10.1. The summed E-state index contributed by atoms with van der Waals surface area (Å²) in [6, 6.07) is 45.7. The van der Waals surface area contributed by atoms with Gasteiger partial charge in [0.15, 0.2) is 0 Å². The summed E-state index contributed by atoms with van der Waals surface area (Å²) < 4.78 is 26.5. The van der Waals surface area contributed by atoms with Crippen molar-refractivity contribution in [3.8, 4) is 16.9 Å². The molecule has 0 radical (unpaired) electrons. The Morgan fingerprint density at radius 2 is 1.43 bits per heavy atom. The van der Waals surface area contributed by atoms with Gasteiger partial charge in [0.25, 0.3) is 0 Å². The molecule has 0 unspecified atom stereocenters. The van der Waals surface area contributed by atoms with Crippen molar-refractivity contribution in [2.45, 2.75) is 9.79 Å². The highest BCUT2D eigenvalue weighted by Gasteiger charge is 2.24. The summed E-state index contributed by atoms with van der Waals surface area (Å²) in [5.41, 5.74) is 7.05. The molecule has 2 aromatic heterocycles. The first-order valence-electron chi connectivity index (χ1n) is 15.4. The Balaban J connectivity index is 1.18. The van der Waals surface area contributed by atoms with E-state index in [1.165, 1.54) is 15.7 Å². The molecule has 0 amide bonds. The van der Waals surface area contributed by atoms with Gasteiger partial charge in [-0.3, -0.25) is 4.57 Å². The molecule has 5 heteroatoms. The fraction of sp³-hybridized carbons (Fsp3) is 0.0541. The van der Waals surface area contributed by atoms with Gasteiger partial charge in [-0.2, -0.15) is 0 Å². The van der Waals surface area contributed by atoms with Crippen LogP contribution >= 0.6 is 11.8 Å². The van der Waals surface area contributed by atoms with Crippen molar-refractivity contribution >= 4 is 50.6 Å². The smallest absolute Gasteiger partial charge is 0.138 e. The summed E-state index contributed by atoms with van der Waals surface area (Å²) >= 11 is 1.69. The minimum atomic E-state index is -2.22. The van der Waals surface area contributed by atoms with E-state index in [2.05, 4.69) is 100 Å². The van der Waals surface area contributed by atoms with E-state index in [4.69, 9.17) is 9.10 Å². The number of pyridine rings is 1. The molecule has 0 saturated heterocycles. The highest BCUT2D eigenvalue weighted by Crippen LogP contribution is 2.42. The lowest BCUT2D eigenvalue weighted by molar-refractivity contribution is 0.948.